The molecular weight excluding hydrogens is 528 g/mol. The fraction of sp³-hybridized carbons (Fsp3) is 0.324. The maximum absolute atomic E-state index is 14.2. The van der Waals surface area contributed by atoms with E-state index in [9.17, 15) is 14.4 Å². The Hall–Kier alpha value is -4.43. The van der Waals surface area contributed by atoms with Gasteiger partial charge < -0.3 is 20.7 Å². The molecule has 0 spiro atoms. The number of nitrogens with one attached hydrogen (secondary N) is 3. The van der Waals surface area contributed by atoms with E-state index in [4.69, 9.17) is 4.74 Å². The first-order chi connectivity index (χ1) is 20.3. The molecular formula is C34H40N4O4. The van der Waals surface area contributed by atoms with Crippen LogP contribution in [0.25, 0.3) is 6.08 Å². The van der Waals surface area contributed by atoms with Crippen molar-refractivity contribution in [1.82, 2.24) is 20.9 Å². The van der Waals surface area contributed by atoms with Crippen molar-refractivity contribution in [2.75, 3.05) is 14.1 Å². The van der Waals surface area contributed by atoms with Crippen LogP contribution in [0.2, 0.25) is 0 Å². The quantitative estimate of drug-likeness (QED) is 0.380. The van der Waals surface area contributed by atoms with Crippen LogP contribution in [0.1, 0.15) is 43.1 Å². The summed E-state index contributed by atoms with van der Waals surface area (Å²) in [4.78, 5) is 43.2. The third kappa shape index (κ3) is 7.85. The third-order valence-electron chi connectivity index (χ3n) is 7.65. The van der Waals surface area contributed by atoms with Crippen LogP contribution >= 0.6 is 0 Å². The van der Waals surface area contributed by atoms with Crippen molar-refractivity contribution in [3.8, 4) is 5.75 Å². The number of hydrogen-bond donors (Lipinski definition) is 3. The number of carbonyl (C=O) groups excluding carboxylic acids is 3. The van der Waals surface area contributed by atoms with Crippen molar-refractivity contribution in [3.05, 3.63) is 108 Å². The van der Waals surface area contributed by atoms with Gasteiger partial charge in [-0.25, -0.2) is 0 Å². The number of likely N-dealkylation sites (N-methyl/N-ethyl adjacent to an activating group) is 1. The van der Waals surface area contributed by atoms with Crippen molar-refractivity contribution in [2.45, 2.75) is 50.9 Å². The number of rotatable bonds is 8. The summed E-state index contributed by atoms with van der Waals surface area (Å²) in [5, 5.41) is 8.77. The van der Waals surface area contributed by atoms with Gasteiger partial charge in [0.15, 0.2) is 6.10 Å². The second-order valence-corrected chi connectivity index (χ2v) is 10.9. The van der Waals surface area contributed by atoms with Crippen LogP contribution in [0.4, 0.5) is 0 Å². The number of hydrogen-bond acceptors (Lipinski definition) is 5. The highest BCUT2D eigenvalue weighted by Gasteiger charge is 2.38. The third-order valence-corrected chi connectivity index (χ3v) is 7.65. The maximum Gasteiger partial charge on any atom is 0.247 e. The predicted molar refractivity (Wildman–Crippen MR) is 164 cm³/mol. The standard InChI is InChI=1S/C34H40N4O4/c1-5-23(2)29-33(40)35-21-20-24-16-18-27(19-17-24)42-31(26-14-10-7-11-15-26)30(34(41)36-29)37-32(39)28(38(3)4)22-25-12-8-6-9-13-25/h6-21,23,28-31H,5,22H2,1-4H3,(H,35,40)(H,36,41)(H,37,39)/b21-20-/t23-,28+,29+,30+,31-/m1/s1. The van der Waals surface area contributed by atoms with Gasteiger partial charge in [-0.15, -0.1) is 0 Å². The van der Waals surface area contributed by atoms with Gasteiger partial charge in [0.2, 0.25) is 17.7 Å². The van der Waals surface area contributed by atoms with Crippen LogP contribution in [0.15, 0.2) is 91.1 Å². The highest BCUT2D eigenvalue weighted by molar-refractivity contribution is 5.94. The number of carbonyl (C=O) groups is 3. The molecule has 3 aromatic carbocycles. The van der Waals surface area contributed by atoms with Crippen LogP contribution in [-0.4, -0.2) is 54.8 Å². The molecule has 0 unspecified atom stereocenters. The van der Waals surface area contributed by atoms with Crippen LogP contribution in [-0.2, 0) is 20.8 Å². The van der Waals surface area contributed by atoms with Crippen LogP contribution in [0.5, 0.6) is 5.75 Å². The fourth-order valence-corrected chi connectivity index (χ4v) is 4.91. The molecule has 0 radical (unpaired) electrons. The highest BCUT2D eigenvalue weighted by atomic mass is 16.5. The second kappa shape index (κ2) is 14.5. The maximum atomic E-state index is 14.2. The number of ether oxygens (including phenoxy) is 1. The summed E-state index contributed by atoms with van der Waals surface area (Å²) >= 11 is 0. The molecule has 0 fully saturated rings. The lowest BCUT2D eigenvalue weighted by Crippen LogP contribution is -2.59. The molecule has 42 heavy (non-hydrogen) atoms. The molecule has 0 saturated carbocycles. The molecule has 8 nitrogen and oxygen atoms in total. The minimum absolute atomic E-state index is 0.159. The number of fused-ring (bicyclic) bond motifs is 10. The van der Waals surface area contributed by atoms with E-state index in [1.807, 2.05) is 106 Å². The van der Waals surface area contributed by atoms with Gasteiger partial charge in [0.1, 0.15) is 17.8 Å². The molecule has 3 N–H and O–H groups in total. The minimum atomic E-state index is -1.14. The molecule has 0 aromatic heterocycles. The Labute approximate surface area is 248 Å². The Balaban J connectivity index is 1.77. The lowest BCUT2D eigenvalue weighted by molar-refractivity contribution is -0.136. The lowest BCUT2D eigenvalue weighted by Gasteiger charge is -2.33. The molecule has 2 bridgehead atoms. The van der Waals surface area contributed by atoms with Crippen molar-refractivity contribution in [3.63, 3.8) is 0 Å². The van der Waals surface area contributed by atoms with E-state index in [2.05, 4.69) is 16.0 Å². The Kier molecular flexibility index (Phi) is 10.5. The van der Waals surface area contributed by atoms with Gasteiger partial charge in [-0.05, 0) is 61.3 Å². The molecule has 0 saturated heterocycles. The van der Waals surface area contributed by atoms with Gasteiger partial charge in [0, 0.05) is 6.20 Å². The first-order valence-corrected chi connectivity index (χ1v) is 14.4. The first-order valence-electron chi connectivity index (χ1n) is 14.4. The number of benzene rings is 3. The van der Waals surface area contributed by atoms with Gasteiger partial charge >= 0.3 is 0 Å². The summed E-state index contributed by atoms with van der Waals surface area (Å²) in [6.45, 7) is 3.88. The average Bonchev–Trinajstić information content (AvgIpc) is 3.00. The Bertz CT molecular complexity index is 1360. The number of nitrogens with zero attached hydrogens (tertiary/aromatic N) is 1. The summed E-state index contributed by atoms with van der Waals surface area (Å²) in [7, 11) is 3.68. The summed E-state index contributed by atoms with van der Waals surface area (Å²) in [5.41, 5.74) is 2.59. The van der Waals surface area contributed by atoms with Crippen molar-refractivity contribution in [2.24, 2.45) is 5.92 Å². The Morgan fingerprint density at radius 3 is 2.19 bits per heavy atom. The van der Waals surface area contributed by atoms with E-state index in [1.165, 1.54) is 0 Å². The van der Waals surface area contributed by atoms with E-state index in [0.717, 1.165) is 11.1 Å². The molecule has 2 aliphatic heterocycles. The SMILES string of the molecule is CC[C@@H](C)[C@@H]1NC(=O)[C@@H](NC(=O)[C@H](Cc2ccccc2)N(C)C)[C@@H](c2ccccc2)Oc2ccc(cc2)/C=C\NC1=O. The first kappa shape index (κ1) is 30.5. The normalized spacial score (nSPS) is 21.3. The molecule has 3 aromatic rings. The molecule has 220 valence electrons. The zero-order valence-corrected chi connectivity index (χ0v) is 24.6. The van der Waals surface area contributed by atoms with Gasteiger partial charge in [0.25, 0.3) is 0 Å². The molecule has 2 aliphatic rings. The van der Waals surface area contributed by atoms with E-state index in [0.29, 0.717) is 24.2 Å². The van der Waals surface area contributed by atoms with Crippen molar-refractivity contribution >= 4 is 23.8 Å². The van der Waals surface area contributed by atoms with Crippen LogP contribution in [0.3, 0.4) is 0 Å². The van der Waals surface area contributed by atoms with E-state index >= 15 is 0 Å². The molecule has 0 aliphatic carbocycles. The zero-order chi connectivity index (χ0) is 30.1. The molecule has 5 rings (SSSR count). The Morgan fingerprint density at radius 2 is 1.57 bits per heavy atom. The lowest BCUT2D eigenvalue weighted by atomic mass is 9.95. The van der Waals surface area contributed by atoms with Gasteiger partial charge in [-0.3, -0.25) is 19.3 Å². The second-order valence-electron chi connectivity index (χ2n) is 10.9. The van der Waals surface area contributed by atoms with E-state index < -0.39 is 30.1 Å². The molecule has 8 heteroatoms. The Morgan fingerprint density at radius 1 is 0.929 bits per heavy atom. The fourth-order valence-electron chi connectivity index (χ4n) is 4.91. The van der Waals surface area contributed by atoms with Gasteiger partial charge in [-0.1, -0.05) is 93.1 Å². The summed E-state index contributed by atoms with van der Waals surface area (Å²) in [5.74, 6) is -0.778. The average molecular weight is 569 g/mol. The molecule has 5 atom stereocenters. The number of amides is 3. The summed E-state index contributed by atoms with van der Waals surface area (Å²) in [6, 6.07) is 23.9. The highest BCUT2D eigenvalue weighted by Crippen LogP contribution is 2.27. The molecule has 2 heterocycles. The topological polar surface area (TPSA) is 99.8 Å². The zero-order valence-electron chi connectivity index (χ0n) is 24.6. The smallest absolute Gasteiger partial charge is 0.247 e. The van der Waals surface area contributed by atoms with Crippen molar-refractivity contribution < 1.29 is 19.1 Å². The van der Waals surface area contributed by atoms with Gasteiger partial charge in [0.05, 0.1) is 6.04 Å². The summed E-state index contributed by atoms with van der Waals surface area (Å²) in [6.07, 6.45) is 3.60. The van der Waals surface area contributed by atoms with Crippen LogP contribution in [0, 0.1) is 5.92 Å². The van der Waals surface area contributed by atoms with Gasteiger partial charge in [-0.2, -0.15) is 0 Å². The van der Waals surface area contributed by atoms with Crippen molar-refractivity contribution in [1.29, 1.82) is 0 Å². The van der Waals surface area contributed by atoms with E-state index in [-0.39, 0.29) is 17.7 Å². The minimum Gasteiger partial charge on any atom is -0.483 e. The monoisotopic (exact) mass is 568 g/mol. The van der Waals surface area contributed by atoms with E-state index in [1.54, 1.807) is 24.4 Å². The van der Waals surface area contributed by atoms with Crippen LogP contribution < -0.4 is 20.7 Å². The molecule has 3 amide bonds. The largest absolute Gasteiger partial charge is 0.483 e. The predicted octanol–water partition coefficient (Wildman–Crippen LogP) is 4.10. The summed E-state index contributed by atoms with van der Waals surface area (Å²) < 4.78 is 6.48.